The van der Waals surface area contributed by atoms with E-state index in [-0.39, 0.29) is 11.7 Å². The molecular formula is C20H18N8O5. The van der Waals surface area contributed by atoms with Crippen LogP contribution in [-0.2, 0) is 0 Å². The number of aromatic nitrogens is 5. The summed E-state index contributed by atoms with van der Waals surface area (Å²) in [6, 6.07) is 9.87. The number of hydrogen-bond donors (Lipinski definition) is 0. The molecule has 1 saturated heterocycles. The van der Waals surface area contributed by atoms with Crippen LogP contribution in [0, 0.1) is 10.1 Å². The summed E-state index contributed by atoms with van der Waals surface area (Å²) in [5, 5.41) is 19.3. The third-order valence-electron chi connectivity index (χ3n) is 5.38. The Balaban J connectivity index is 1.33. The van der Waals surface area contributed by atoms with Gasteiger partial charge in [0.05, 0.1) is 18.9 Å². The first kappa shape index (κ1) is 20.4. The maximum Gasteiger partial charge on any atom is 0.433 e. The Kier molecular flexibility index (Phi) is 5.05. The first-order valence-corrected chi connectivity index (χ1v) is 10.0. The van der Waals surface area contributed by atoms with Crippen LogP contribution >= 0.6 is 0 Å². The number of amides is 1. The van der Waals surface area contributed by atoms with Crippen molar-refractivity contribution in [1.82, 2.24) is 29.9 Å². The molecule has 1 fully saturated rings. The van der Waals surface area contributed by atoms with Crippen molar-refractivity contribution >= 4 is 28.8 Å². The minimum atomic E-state index is -0.672. The second kappa shape index (κ2) is 8.18. The van der Waals surface area contributed by atoms with E-state index < -0.39 is 10.8 Å². The Hall–Kier alpha value is -4.55. The van der Waals surface area contributed by atoms with Crippen molar-refractivity contribution in [2.75, 3.05) is 38.2 Å². The van der Waals surface area contributed by atoms with E-state index in [1.807, 2.05) is 29.2 Å². The summed E-state index contributed by atoms with van der Waals surface area (Å²) in [5.41, 5.74) is 1.90. The van der Waals surface area contributed by atoms with Crippen molar-refractivity contribution in [3.63, 3.8) is 0 Å². The van der Waals surface area contributed by atoms with Crippen molar-refractivity contribution in [2.45, 2.75) is 0 Å². The molecule has 1 aromatic carbocycles. The van der Waals surface area contributed by atoms with Gasteiger partial charge in [-0.1, -0.05) is 5.21 Å². The molecule has 5 rings (SSSR count). The zero-order chi connectivity index (χ0) is 22.9. The second-order valence-electron chi connectivity index (χ2n) is 7.24. The average Bonchev–Trinajstić information content (AvgIpc) is 3.52. The Morgan fingerprint density at radius 3 is 2.52 bits per heavy atom. The van der Waals surface area contributed by atoms with E-state index in [1.54, 1.807) is 16.7 Å². The molecule has 0 saturated carbocycles. The molecule has 0 bridgehead atoms. The summed E-state index contributed by atoms with van der Waals surface area (Å²) in [6.45, 7) is 1.78. The van der Waals surface area contributed by atoms with Crippen molar-refractivity contribution in [1.29, 1.82) is 0 Å². The molecule has 0 spiro atoms. The smallest absolute Gasteiger partial charge is 0.433 e. The van der Waals surface area contributed by atoms with Gasteiger partial charge in [0.25, 0.3) is 5.91 Å². The predicted molar refractivity (Wildman–Crippen MR) is 114 cm³/mol. The van der Waals surface area contributed by atoms with Gasteiger partial charge >= 0.3 is 5.88 Å². The fourth-order valence-electron chi connectivity index (χ4n) is 3.68. The molecule has 1 aliphatic heterocycles. The summed E-state index contributed by atoms with van der Waals surface area (Å²) in [6.07, 6.45) is 1.46. The number of fused-ring (bicyclic) bond motifs is 1. The highest BCUT2D eigenvalue weighted by Crippen LogP contribution is 2.25. The molecule has 33 heavy (non-hydrogen) atoms. The lowest BCUT2D eigenvalue weighted by Gasteiger charge is -2.34. The monoisotopic (exact) mass is 450 g/mol. The van der Waals surface area contributed by atoms with E-state index in [9.17, 15) is 14.9 Å². The van der Waals surface area contributed by atoms with Crippen LogP contribution in [0.4, 0.5) is 11.7 Å². The fourth-order valence-corrected chi connectivity index (χ4v) is 3.68. The Morgan fingerprint density at radius 1 is 1.09 bits per heavy atom. The molecule has 0 unspecified atom stereocenters. The standard InChI is InChI=1S/C20H18N8O5/c1-32-14-4-2-13(3-5-14)27-19-17(23-24-27)18(21-12-22-19)25-8-10-26(11-9-25)20(29)15-6-7-16(33-15)28(30)31/h2-7,12H,8-11H2,1H3. The van der Waals surface area contributed by atoms with Gasteiger partial charge in [0, 0.05) is 26.2 Å². The van der Waals surface area contributed by atoms with Gasteiger partial charge in [-0.25, -0.2) is 9.97 Å². The quantitative estimate of drug-likeness (QED) is 0.325. The molecule has 3 aromatic heterocycles. The number of rotatable bonds is 5. The van der Waals surface area contributed by atoms with E-state index in [1.165, 1.54) is 18.5 Å². The average molecular weight is 450 g/mol. The summed E-state index contributed by atoms with van der Waals surface area (Å²) >= 11 is 0. The zero-order valence-electron chi connectivity index (χ0n) is 17.5. The minimum Gasteiger partial charge on any atom is -0.497 e. The van der Waals surface area contributed by atoms with Crippen LogP contribution in [0.5, 0.6) is 5.75 Å². The van der Waals surface area contributed by atoms with Crippen molar-refractivity contribution in [3.05, 3.63) is 58.6 Å². The van der Waals surface area contributed by atoms with Gasteiger partial charge in [0.1, 0.15) is 17.0 Å². The Labute approximate surface area is 186 Å². The molecule has 4 aromatic rings. The minimum absolute atomic E-state index is 0.0537. The number of piperazine rings is 1. The first-order valence-electron chi connectivity index (χ1n) is 10.0. The molecule has 13 nitrogen and oxygen atoms in total. The maximum absolute atomic E-state index is 12.6. The Morgan fingerprint density at radius 2 is 1.85 bits per heavy atom. The number of carbonyl (C=O) groups excluding carboxylic acids is 1. The van der Waals surface area contributed by atoms with Crippen LogP contribution in [0.1, 0.15) is 10.6 Å². The summed E-state index contributed by atoms with van der Waals surface area (Å²) in [7, 11) is 1.60. The molecule has 168 valence electrons. The van der Waals surface area contributed by atoms with Gasteiger partial charge in [-0.2, -0.15) is 4.68 Å². The van der Waals surface area contributed by atoms with Crippen LogP contribution in [0.15, 0.2) is 47.1 Å². The van der Waals surface area contributed by atoms with Gasteiger partial charge in [-0.15, -0.1) is 5.10 Å². The fraction of sp³-hybridized carbons (Fsp3) is 0.250. The molecule has 4 heterocycles. The number of methoxy groups -OCH3 is 1. The molecule has 0 radical (unpaired) electrons. The topological polar surface area (TPSA) is 146 Å². The number of furan rings is 1. The lowest BCUT2D eigenvalue weighted by atomic mass is 10.2. The van der Waals surface area contributed by atoms with Gasteiger partial charge < -0.3 is 19.0 Å². The first-order chi connectivity index (χ1) is 16.0. The van der Waals surface area contributed by atoms with Gasteiger partial charge in [-0.05, 0) is 30.3 Å². The highest BCUT2D eigenvalue weighted by Gasteiger charge is 2.28. The summed E-state index contributed by atoms with van der Waals surface area (Å²) in [4.78, 5) is 35.1. The third-order valence-corrected chi connectivity index (χ3v) is 5.38. The number of carbonyl (C=O) groups is 1. The van der Waals surface area contributed by atoms with Gasteiger partial charge in [0.15, 0.2) is 22.7 Å². The lowest BCUT2D eigenvalue weighted by Crippen LogP contribution is -2.49. The lowest BCUT2D eigenvalue weighted by molar-refractivity contribution is -0.402. The van der Waals surface area contributed by atoms with E-state index in [4.69, 9.17) is 9.15 Å². The largest absolute Gasteiger partial charge is 0.497 e. The van der Waals surface area contributed by atoms with Crippen LogP contribution in [0.3, 0.4) is 0 Å². The molecule has 1 aliphatic rings. The molecule has 13 heteroatoms. The second-order valence-corrected chi connectivity index (χ2v) is 7.24. The predicted octanol–water partition coefficient (Wildman–Crippen LogP) is 1.68. The third kappa shape index (κ3) is 3.69. The highest BCUT2D eigenvalue weighted by atomic mass is 16.6. The molecule has 1 amide bonds. The van der Waals surface area contributed by atoms with E-state index in [0.717, 1.165) is 11.4 Å². The van der Waals surface area contributed by atoms with E-state index in [2.05, 4.69) is 20.3 Å². The number of hydrogen-bond acceptors (Lipinski definition) is 10. The van der Waals surface area contributed by atoms with Crippen molar-refractivity contribution in [2.24, 2.45) is 0 Å². The maximum atomic E-state index is 12.6. The van der Waals surface area contributed by atoms with Crippen molar-refractivity contribution in [3.8, 4) is 11.4 Å². The highest BCUT2D eigenvalue weighted by molar-refractivity contribution is 5.92. The van der Waals surface area contributed by atoms with Crippen molar-refractivity contribution < 1.29 is 18.9 Å². The zero-order valence-corrected chi connectivity index (χ0v) is 17.5. The van der Waals surface area contributed by atoms with Crippen LogP contribution in [0.25, 0.3) is 16.9 Å². The van der Waals surface area contributed by atoms with Crippen LogP contribution < -0.4 is 9.64 Å². The molecule has 0 N–H and O–H groups in total. The summed E-state index contributed by atoms with van der Waals surface area (Å²) in [5.74, 6) is 0.457. The number of ether oxygens (including phenoxy) is 1. The number of anilines is 1. The Bertz CT molecular complexity index is 1320. The van der Waals surface area contributed by atoms with E-state index in [0.29, 0.717) is 43.2 Å². The molecule has 0 aliphatic carbocycles. The molecular weight excluding hydrogens is 432 g/mol. The summed E-state index contributed by atoms with van der Waals surface area (Å²) < 4.78 is 11.9. The van der Waals surface area contributed by atoms with E-state index >= 15 is 0 Å². The number of benzene rings is 1. The van der Waals surface area contributed by atoms with Crippen LogP contribution in [-0.4, -0.2) is 74.0 Å². The van der Waals surface area contributed by atoms with Gasteiger partial charge in [0.2, 0.25) is 0 Å². The number of nitrogens with zero attached hydrogens (tertiary/aromatic N) is 8. The SMILES string of the molecule is COc1ccc(-n2nnc3c(N4CCN(C(=O)c5ccc([N+](=O)[O-])o5)CC4)ncnc32)cc1. The molecule has 0 atom stereocenters. The van der Waals surface area contributed by atoms with Crippen LogP contribution in [0.2, 0.25) is 0 Å². The van der Waals surface area contributed by atoms with Gasteiger partial charge in [-0.3, -0.25) is 14.9 Å². The number of nitro groups is 1. The normalized spacial score (nSPS) is 14.0.